The molecular weight excluding hydrogens is 331 g/mol. The van der Waals surface area contributed by atoms with Crippen molar-refractivity contribution in [3.05, 3.63) is 95.3 Å². The molecule has 2 aliphatic rings. The summed E-state index contributed by atoms with van der Waals surface area (Å²) in [5.41, 5.74) is 2.32. The molecule has 26 heavy (non-hydrogen) atoms. The summed E-state index contributed by atoms with van der Waals surface area (Å²) in [4.78, 5) is 29.3. The van der Waals surface area contributed by atoms with Crippen molar-refractivity contribution >= 4 is 23.2 Å². The van der Waals surface area contributed by atoms with Crippen LogP contribution < -0.4 is 9.80 Å². The number of anilines is 2. The monoisotopic (exact) mass is 344 g/mol. The van der Waals surface area contributed by atoms with E-state index < -0.39 is 12.0 Å². The Kier molecular flexibility index (Phi) is 3.00. The molecule has 5 rings (SSSR count). The van der Waals surface area contributed by atoms with E-state index in [4.69, 9.17) is 0 Å². The molecule has 3 aromatic rings. The standard InChI is InChI=1S/C21H13FN2O2/c22-16-10-4-6-12-18(16)24-19-13-7-1-2-8-14(13)20(25)23(19)17-11-5-3-9-15(17)21(24)26/h1-12,19H/t19-/m0/s1. The van der Waals surface area contributed by atoms with E-state index >= 15 is 0 Å². The maximum atomic E-state index is 14.6. The zero-order valence-corrected chi connectivity index (χ0v) is 13.6. The second kappa shape index (κ2) is 5.26. The highest BCUT2D eigenvalue weighted by Gasteiger charge is 2.48. The van der Waals surface area contributed by atoms with Crippen molar-refractivity contribution in [3.8, 4) is 0 Å². The van der Waals surface area contributed by atoms with E-state index in [-0.39, 0.29) is 17.5 Å². The number of carbonyl (C=O) groups is 2. The minimum Gasteiger partial charge on any atom is -0.282 e. The third kappa shape index (κ3) is 1.82. The predicted octanol–water partition coefficient (Wildman–Crippen LogP) is 4.15. The molecule has 0 saturated heterocycles. The molecular formula is C21H13FN2O2. The number of para-hydroxylation sites is 2. The molecule has 0 fully saturated rings. The number of hydrogen-bond donors (Lipinski definition) is 0. The Morgan fingerprint density at radius 1 is 0.654 bits per heavy atom. The van der Waals surface area contributed by atoms with Crippen molar-refractivity contribution in [1.29, 1.82) is 0 Å². The molecule has 3 aromatic carbocycles. The van der Waals surface area contributed by atoms with Gasteiger partial charge in [-0.15, -0.1) is 0 Å². The second-order valence-electron chi connectivity index (χ2n) is 6.28. The molecule has 0 spiro atoms. The first-order valence-corrected chi connectivity index (χ1v) is 8.28. The van der Waals surface area contributed by atoms with Gasteiger partial charge in [0.2, 0.25) is 0 Å². The van der Waals surface area contributed by atoms with Crippen molar-refractivity contribution in [2.24, 2.45) is 0 Å². The third-order valence-corrected chi connectivity index (χ3v) is 4.90. The van der Waals surface area contributed by atoms with Crippen molar-refractivity contribution in [2.45, 2.75) is 6.17 Å². The topological polar surface area (TPSA) is 40.6 Å². The first kappa shape index (κ1) is 14.8. The van der Waals surface area contributed by atoms with Crippen LogP contribution in [0.1, 0.15) is 32.4 Å². The predicted molar refractivity (Wildman–Crippen MR) is 95.6 cm³/mol. The summed E-state index contributed by atoms with van der Waals surface area (Å²) in [6.45, 7) is 0. The molecule has 0 bridgehead atoms. The number of hydrogen-bond acceptors (Lipinski definition) is 2. The van der Waals surface area contributed by atoms with Gasteiger partial charge < -0.3 is 0 Å². The van der Waals surface area contributed by atoms with Gasteiger partial charge in [-0.05, 0) is 30.3 Å². The van der Waals surface area contributed by atoms with Crippen LogP contribution in [0.2, 0.25) is 0 Å². The second-order valence-corrected chi connectivity index (χ2v) is 6.28. The smallest absolute Gasteiger partial charge is 0.262 e. The van der Waals surface area contributed by atoms with Gasteiger partial charge >= 0.3 is 0 Å². The molecule has 2 amide bonds. The van der Waals surface area contributed by atoms with Crippen LogP contribution in [0, 0.1) is 5.82 Å². The number of benzene rings is 3. The molecule has 0 N–H and O–H groups in total. The van der Waals surface area contributed by atoms with Crippen LogP contribution in [-0.4, -0.2) is 11.8 Å². The van der Waals surface area contributed by atoms with Crippen molar-refractivity contribution in [2.75, 3.05) is 9.80 Å². The van der Waals surface area contributed by atoms with Crippen LogP contribution in [0.3, 0.4) is 0 Å². The maximum Gasteiger partial charge on any atom is 0.262 e. The number of fused-ring (bicyclic) bond motifs is 5. The Morgan fingerprint density at radius 2 is 1.19 bits per heavy atom. The fraction of sp³-hybridized carbons (Fsp3) is 0.0476. The first-order valence-electron chi connectivity index (χ1n) is 8.28. The Balaban J connectivity index is 1.82. The minimum absolute atomic E-state index is 0.159. The summed E-state index contributed by atoms with van der Waals surface area (Å²) < 4.78 is 14.6. The van der Waals surface area contributed by atoms with Gasteiger partial charge in [0.15, 0.2) is 0 Å². The number of nitrogens with zero attached hydrogens (tertiary/aromatic N) is 2. The highest BCUT2D eigenvalue weighted by atomic mass is 19.1. The number of amides is 2. The van der Waals surface area contributed by atoms with Crippen LogP contribution in [0.15, 0.2) is 72.8 Å². The zero-order chi connectivity index (χ0) is 17.8. The minimum atomic E-state index is -0.696. The lowest BCUT2D eigenvalue weighted by atomic mass is 10.0. The van der Waals surface area contributed by atoms with Crippen molar-refractivity contribution in [3.63, 3.8) is 0 Å². The van der Waals surface area contributed by atoms with Gasteiger partial charge in [-0.2, -0.15) is 0 Å². The lowest BCUT2D eigenvalue weighted by Gasteiger charge is -2.40. The zero-order valence-electron chi connectivity index (χ0n) is 13.6. The first-order chi connectivity index (χ1) is 12.7. The van der Waals surface area contributed by atoms with E-state index in [1.165, 1.54) is 11.0 Å². The molecule has 0 radical (unpaired) electrons. The van der Waals surface area contributed by atoms with E-state index in [0.717, 1.165) is 0 Å². The Hall–Kier alpha value is -3.47. The van der Waals surface area contributed by atoms with Gasteiger partial charge in [-0.25, -0.2) is 4.39 Å². The van der Waals surface area contributed by atoms with E-state index in [0.29, 0.717) is 22.4 Å². The lowest BCUT2D eigenvalue weighted by molar-refractivity contribution is 0.0948. The van der Waals surface area contributed by atoms with Crippen LogP contribution in [0.25, 0.3) is 0 Å². The van der Waals surface area contributed by atoms with Crippen LogP contribution in [0.5, 0.6) is 0 Å². The van der Waals surface area contributed by atoms with Crippen molar-refractivity contribution in [1.82, 2.24) is 0 Å². The molecule has 126 valence electrons. The summed E-state index contributed by atoms with van der Waals surface area (Å²) in [7, 11) is 0. The number of rotatable bonds is 1. The molecule has 0 unspecified atom stereocenters. The molecule has 4 nitrogen and oxygen atoms in total. The maximum absolute atomic E-state index is 14.6. The third-order valence-electron chi connectivity index (χ3n) is 4.90. The quantitative estimate of drug-likeness (QED) is 0.665. The summed E-state index contributed by atoms with van der Waals surface area (Å²) in [5.74, 6) is -1.01. The van der Waals surface area contributed by atoms with Gasteiger partial charge in [-0.3, -0.25) is 19.4 Å². The van der Waals surface area contributed by atoms with Gasteiger partial charge in [-0.1, -0.05) is 42.5 Å². The van der Waals surface area contributed by atoms with Crippen LogP contribution in [0.4, 0.5) is 15.8 Å². The fourth-order valence-electron chi connectivity index (χ4n) is 3.79. The van der Waals surface area contributed by atoms with Gasteiger partial charge in [0.05, 0.1) is 16.9 Å². The summed E-state index contributed by atoms with van der Waals surface area (Å²) in [5, 5.41) is 0. The van der Waals surface area contributed by atoms with E-state index in [2.05, 4.69) is 0 Å². The summed E-state index contributed by atoms with van der Waals surface area (Å²) >= 11 is 0. The van der Waals surface area contributed by atoms with Crippen molar-refractivity contribution < 1.29 is 14.0 Å². The fourth-order valence-corrected chi connectivity index (χ4v) is 3.79. The van der Waals surface area contributed by atoms with Crippen LogP contribution >= 0.6 is 0 Å². The number of carbonyl (C=O) groups excluding carboxylic acids is 2. The molecule has 5 heteroatoms. The van der Waals surface area contributed by atoms with Gasteiger partial charge in [0, 0.05) is 11.1 Å². The Bertz CT molecular complexity index is 1080. The highest BCUT2D eigenvalue weighted by Crippen LogP contribution is 2.47. The van der Waals surface area contributed by atoms with Crippen LogP contribution in [-0.2, 0) is 0 Å². The molecule has 0 aliphatic carbocycles. The normalized spacial score (nSPS) is 17.8. The molecule has 0 aromatic heterocycles. The SMILES string of the molecule is O=C1c2ccccc2N2C(=O)c3ccccc3[C@@H]2N1c1ccccc1F. The number of halogens is 1. The average molecular weight is 344 g/mol. The van der Waals surface area contributed by atoms with E-state index in [1.54, 1.807) is 59.5 Å². The largest absolute Gasteiger partial charge is 0.282 e. The van der Waals surface area contributed by atoms with Gasteiger partial charge in [0.25, 0.3) is 11.8 Å². The van der Waals surface area contributed by atoms with E-state index in [1.807, 2.05) is 12.1 Å². The van der Waals surface area contributed by atoms with Gasteiger partial charge in [0.1, 0.15) is 12.0 Å². The summed E-state index contributed by atoms with van der Waals surface area (Å²) in [6, 6.07) is 20.2. The average Bonchev–Trinajstić information content (AvgIpc) is 2.97. The molecule has 2 aliphatic heterocycles. The lowest BCUT2D eigenvalue weighted by Crippen LogP contribution is -2.48. The van der Waals surface area contributed by atoms with E-state index in [9.17, 15) is 14.0 Å². The summed E-state index contributed by atoms with van der Waals surface area (Å²) in [6.07, 6.45) is -0.696. The Labute approximate surface area is 149 Å². The highest BCUT2D eigenvalue weighted by molar-refractivity contribution is 6.21. The molecule has 0 saturated carbocycles. The Morgan fingerprint density at radius 3 is 1.96 bits per heavy atom. The molecule has 1 atom stereocenters. The molecule has 2 heterocycles.